The quantitative estimate of drug-likeness (QED) is 0.660. The zero-order chi connectivity index (χ0) is 12.3. The van der Waals surface area contributed by atoms with Gasteiger partial charge in [-0.1, -0.05) is 6.92 Å². The van der Waals surface area contributed by atoms with Gasteiger partial charge in [-0.25, -0.2) is 12.7 Å². The Morgan fingerprint density at radius 2 is 2.00 bits per heavy atom. The average molecular weight is 260 g/mol. The molecule has 0 heterocycles. The van der Waals surface area contributed by atoms with Crippen molar-refractivity contribution in [2.24, 2.45) is 0 Å². The molecule has 2 N–H and O–H groups in total. The minimum atomic E-state index is -3.37. The Morgan fingerprint density at radius 1 is 1.38 bits per heavy atom. The van der Waals surface area contributed by atoms with E-state index >= 15 is 0 Å². The van der Waals surface area contributed by atoms with Crippen LogP contribution in [0.3, 0.4) is 0 Å². The van der Waals surface area contributed by atoms with Gasteiger partial charge in [0.05, 0.1) is 4.90 Å². The Balaban J connectivity index is 3.23. The molecule has 16 heavy (non-hydrogen) atoms. The van der Waals surface area contributed by atoms with Crippen LogP contribution in [0.5, 0.6) is 0 Å². The van der Waals surface area contributed by atoms with Crippen LogP contribution in [0, 0.1) is 0 Å². The number of nitrogens with zero attached hydrogens (tertiary/aromatic N) is 1. The highest BCUT2D eigenvalue weighted by Crippen LogP contribution is 2.28. The van der Waals surface area contributed by atoms with Gasteiger partial charge in [0.2, 0.25) is 10.0 Å². The molecule has 0 bridgehead atoms. The number of anilines is 1. The van der Waals surface area contributed by atoms with Gasteiger partial charge < -0.3 is 5.73 Å². The Labute approximate surface area is 101 Å². The van der Waals surface area contributed by atoms with Gasteiger partial charge in [-0.15, -0.1) is 11.8 Å². The number of rotatable bonds is 4. The molecule has 1 aromatic carbocycles. The molecule has 4 nitrogen and oxygen atoms in total. The lowest BCUT2D eigenvalue weighted by atomic mass is 10.3. The van der Waals surface area contributed by atoms with E-state index < -0.39 is 10.0 Å². The Morgan fingerprint density at radius 3 is 2.50 bits per heavy atom. The van der Waals surface area contributed by atoms with E-state index in [-0.39, 0.29) is 4.90 Å². The van der Waals surface area contributed by atoms with E-state index in [0.717, 1.165) is 10.6 Å². The monoisotopic (exact) mass is 260 g/mol. The summed E-state index contributed by atoms with van der Waals surface area (Å²) in [6.45, 7) is 2.00. The van der Waals surface area contributed by atoms with Crippen LogP contribution < -0.4 is 5.73 Å². The maximum absolute atomic E-state index is 11.9. The van der Waals surface area contributed by atoms with Crippen LogP contribution in [0.1, 0.15) is 6.92 Å². The summed E-state index contributed by atoms with van der Waals surface area (Å²) in [4.78, 5) is 1.09. The number of sulfonamides is 1. The second kappa shape index (κ2) is 5.07. The van der Waals surface area contributed by atoms with E-state index in [9.17, 15) is 8.42 Å². The normalized spacial score (nSPS) is 12.0. The maximum Gasteiger partial charge on any atom is 0.242 e. The summed E-state index contributed by atoms with van der Waals surface area (Å²) in [7, 11) is -0.346. The first-order valence-corrected chi connectivity index (χ1v) is 7.27. The maximum atomic E-state index is 11.9. The van der Waals surface area contributed by atoms with E-state index in [0.29, 0.717) is 5.69 Å². The molecular formula is C10H16N2O2S2. The highest BCUT2D eigenvalue weighted by atomic mass is 32.2. The fourth-order valence-electron chi connectivity index (χ4n) is 1.17. The standard InChI is InChI=1S/C10H16N2O2S2/c1-4-15-10-7-8(5-6-9(10)11)16(13,14)12(2)3/h5-7H,4,11H2,1-3H3. The molecule has 1 rings (SSSR count). The van der Waals surface area contributed by atoms with Gasteiger partial charge in [-0.2, -0.15) is 0 Å². The molecule has 90 valence electrons. The molecule has 0 spiro atoms. The van der Waals surface area contributed by atoms with Gasteiger partial charge in [0.1, 0.15) is 0 Å². The molecule has 0 saturated carbocycles. The van der Waals surface area contributed by atoms with Crippen molar-refractivity contribution in [1.29, 1.82) is 0 Å². The average Bonchev–Trinajstić information content (AvgIpc) is 2.21. The molecule has 0 saturated heterocycles. The van der Waals surface area contributed by atoms with Crippen LogP contribution in [0.25, 0.3) is 0 Å². The lowest BCUT2D eigenvalue weighted by Gasteiger charge is -2.13. The number of nitrogens with two attached hydrogens (primary N) is 1. The van der Waals surface area contributed by atoms with Gasteiger partial charge >= 0.3 is 0 Å². The molecule has 6 heteroatoms. The number of benzene rings is 1. The van der Waals surface area contributed by atoms with Crippen molar-refractivity contribution in [2.45, 2.75) is 16.7 Å². The van der Waals surface area contributed by atoms with Gasteiger partial charge in [0.25, 0.3) is 0 Å². The second-order valence-corrected chi connectivity index (χ2v) is 6.88. The summed E-state index contributed by atoms with van der Waals surface area (Å²) in [6, 6.07) is 4.79. The van der Waals surface area contributed by atoms with Gasteiger partial charge in [0.15, 0.2) is 0 Å². The van der Waals surface area contributed by atoms with Crippen LogP contribution in [0.2, 0.25) is 0 Å². The fourth-order valence-corrected chi connectivity index (χ4v) is 2.93. The van der Waals surface area contributed by atoms with Crippen molar-refractivity contribution in [3.05, 3.63) is 18.2 Å². The van der Waals surface area contributed by atoms with E-state index in [1.54, 1.807) is 12.1 Å². The van der Waals surface area contributed by atoms with E-state index in [4.69, 9.17) is 5.73 Å². The first kappa shape index (κ1) is 13.3. The van der Waals surface area contributed by atoms with E-state index in [1.807, 2.05) is 6.92 Å². The predicted molar refractivity (Wildman–Crippen MR) is 68.1 cm³/mol. The third-order valence-corrected chi connectivity index (χ3v) is 4.83. The molecule has 0 unspecified atom stereocenters. The summed E-state index contributed by atoms with van der Waals surface area (Å²) >= 11 is 1.54. The van der Waals surface area contributed by atoms with Crippen LogP contribution in [-0.2, 0) is 10.0 Å². The van der Waals surface area contributed by atoms with Crippen molar-refractivity contribution in [2.75, 3.05) is 25.6 Å². The Bertz CT molecular complexity index is 470. The summed E-state index contributed by atoms with van der Waals surface area (Å²) in [5.41, 5.74) is 6.38. The molecule has 1 aromatic rings. The number of thioether (sulfide) groups is 1. The van der Waals surface area contributed by atoms with Crippen LogP contribution in [0.15, 0.2) is 28.0 Å². The predicted octanol–water partition coefficient (Wildman–Crippen LogP) is 1.63. The summed E-state index contributed by atoms with van der Waals surface area (Å²) in [5, 5.41) is 0. The minimum absolute atomic E-state index is 0.280. The van der Waals surface area contributed by atoms with Gasteiger partial charge in [-0.3, -0.25) is 0 Å². The zero-order valence-electron chi connectivity index (χ0n) is 9.60. The van der Waals surface area contributed by atoms with Crippen LogP contribution in [-0.4, -0.2) is 32.6 Å². The van der Waals surface area contributed by atoms with Crippen molar-refractivity contribution < 1.29 is 8.42 Å². The van der Waals surface area contributed by atoms with E-state index in [1.165, 1.54) is 36.2 Å². The SMILES string of the molecule is CCSc1cc(S(=O)(=O)N(C)C)ccc1N. The molecule has 0 aliphatic carbocycles. The highest BCUT2D eigenvalue weighted by Gasteiger charge is 2.18. The number of hydrogen-bond acceptors (Lipinski definition) is 4. The number of hydrogen-bond donors (Lipinski definition) is 1. The second-order valence-electron chi connectivity index (χ2n) is 3.42. The lowest BCUT2D eigenvalue weighted by molar-refractivity contribution is 0.520. The fraction of sp³-hybridized carbons (Fsp3) is 0.400. The molecular weight excluding hydrogens is 244 g/mol. The molecule has 0 radical (unpaired) electrons. The largest absolute Gasteiger partial charge is 0.398 e. The van der Waals surface area contributed by atoms with E-state index in [2.05, 4.69) is 0 Å². The van der Waals surface area contributed by atoms with Crippen molar-refractivity contribution in [3.8, 4) is 0 Å². The molecule has 0 amide bonds. The first-order chi connectivity index (χ1) is 7.39. The van der Waals surface area contributed by atoms with Crippen molar-refractivity contribution in [3.63, 3.8) is 0 Å². The zero-order valence-corrected chi connectivity index (χ0v) is 11.2. The summed E-state index contributed by atoms with van der Waals surface area (Å²) in [6.07, 6.45) is 0. The molecule has 0 atom stereocenters. The Hall–Kier alpha value is -0.720. The number of nitrogen functional groups attached to an aromatic ring is 1. The van der Waals surface area contributed by atoms with Crippen LogP contribution in [0.4, 0.5) is 5.69 Å². The molecule has 0 aliphatic rings. The molecule has 0 aromatic heterocycles. The Kier molecular flexibility index (Phi) is 4.23. The van der Waals surface area contributed by atoms with Crippen LogP contribution >= 0.6 is 11.8 Å². The summed E-state index contributed by atoms with van der Waals surface area (Å²) < 4.78 is 24.9. The third-order valence-electron chi connectivity index (χ3n) is 2.06. The smallest absolute Gasteiger partial charge is 0.242 e. The van der Waals surface area contributed by atoms with Gasteiger partial charge in [-0.05, 0) is 24.0 Å². The van der Waals surface area contributed by atoms with Crippen molar-refractivity contribution >= 4 is 27.5 Å². The molecule has 0 aliphatic heterocycles. The lowest BCUT2D eigenvalue weighted by Crippen LogP contribution is -2.22. The highest BCUT2D eigenvalue weighted by molar-refractivity contribution is 7.99. The topological polar surface area (TPSA) is 63.4 Å². The minimum Gasteiger partial charge on any atom is -0.398 e. The third kappa shape index (κ3) is 2.69. The van der Waals surface area contributed by atoms with Crippen molar-refractivity contribution in [1.82, 2.24) is 4.31 Å². The first-order valence-electron chi connectivity index (χ1n) is 4.84. The summed E-state index contributed by atoms with van der Waals surface area (Å²) in [5.74, 6) is 0.857. The molecule has 0 fully saturated rings. The van der Waals surface area contributed by atoms with Gasteiger partial charge in [0, 0.05) is 24.7 Å².